The standard InChI is InChI=1S/C17H19N3O/c18-14-9-8-13(17(19)21)11-16(14)20-10-4-7-15(20)12-5-2-1-3-6-12/h1-3,5-6,8-9,11,15H,4,7,10,18H2,(H2,19,21). The summed E-state index contributed by atoms with van der Waals surface area (Å²) >= 11 is 0. The molecule has 108 valence electrons. The van der Waals surface area contributed by atoms with Gasteiger partial charge in [0.25, 0.3) is 0 Å². The maximum Gasteiger partial charge on any atom is 0.248 e. The van der Waals surface area contributed by atoms with Crippen LogP contribution in [-0.4, -0.2) is 12.5 Å². The Morgan fingerprint density at radius 1 is 1.14 bits per heavy atom. The second-order valence-corrected chi connectivity index (χ2v) is 5.40. The van der Waals surface area contributed by atoms with E-state index in [4.69, 9.17) is 11.5 Å². The summed E-state index contributed by atoms with van der Waals surface area (Å²) in [4.78, 5) is 13.7. The summed E-state index contributed by atoms with van der Waals surface area (Å²) < 4.78 is 0. The molecule has 21 heavy (non-hydrogen) atoms. The number of carbonyl (C=O) groups excluding carboxylic acids is 1. The molecule has 1 aliphatic rings. The van der Waals surface area contributed by atoms with Gasteiger partial charge in [-0.25, -0.2) is 0 Å². The third kappa shape index (κ3) is 2.57. The molecule has 1 atom stereocenters. The summed E-state index contributed by atoms with van der Waals surface area (Å²) in [5.41, 5.74) is 14.9. The molecule has 2 aromatic carbocycles. The molecule has 0 saturated carbocycles. The van der Waals surface area contributed by atoms with Crippen molar-refractivity contribution in [2.75, 3.05) is 17.2 Å². The average Bonchev–Trinajstić information content (AvgIpc) is 2.97. The van der Waals surface area contributed by atoms with E-state index in [1.54, 1.807) is 18.2 Å². The molecule has 0 bridgehead atoms. The Balaban J connectivity index is 1.99. The number of nitrogens with zero attached hydrogens (tertiary/aromatic N) is 1. The van der Waals surface area contributed by atoms with Crippen molar-refractivity contribution in [2.45, 2.75) is 18.9 Å². The first-order valence-electron chi connectivity index (χ1n) is 7.18. The van der Waals surface area contributed by atoms with E-state index in [1.165, 1.54) is 5.56 Å². The highest BCUT2D eigenvalue weighted by atomic mass is 16.1. The molecule has 1 heterocycles. The molecule has 1 amide bonds. The van der Waals surface area contributed by atoms with Gasteiger partial charge in [-0.1, -0.05) is 30.3 Å². The van der Waals surface area contributed by atoms with Gasteiger partial charge in [-0.05, 0) is 36.6 Å². The predicted molar refractivity (Wildman–Crippen MR) is 85.1 cm³/mol. The Bertz CT molecular complexity index is 654. The third-order valence-electron chi connectivity index (χ3n) is 4.06. The summed E-state index contributed by atoms with van der Waals surface area (Å²) in [6.07, 6.45) is 2.20. The molecule has 0 radical (unpaired) electrons. The topological polar surface area (TPSA) is 72.3 Å². The minimum atomic E-state index is -0.424. The zero-order valence-corrected chi connectivity index (χ0v) is 11.8. The Hall–Kier alpha value is -2.49. The van der Waals surface area contributed by atoms with Crippen LogP contribution in [0.15, 0.2) is 48.5 Å². The number of nitrogen functional groups attached to an aromatic ring is 1. The van der Waals surface area contributed by atoms with Gasteiger partial charge in [-0.2, -0.15) is 0 Å². The maximum absolute atomic E-state index is 11.4. The van der Waals surface area contributed by atoms with Crippen molar-refractivity contribution in [3.63, 3.8) is 0 Å². The highest BCUT2D eigenvalue weighted by molar-refractivity contribution is 5.95. The van der Waals surface area contributed by atoms with Crippen LogP contribution in [0.25, 0.3) is 0 Å². The van der Waals surface area contributed by atoms with Gasteiger partial charge in [0.15, 0.2) is 0 Å². The third-order valence-corrected chi connectivity index (χ3v) is 4.06. The van der Waals surface area contributed by atoms with Crippen molar-refractivity contribution in [1.82, 2.24) is 0 Å². The second-order valence-electron chi connectivity index (χ2n) is 5.40. The Morgan fingerprint density at radius 3 is 2.62 bits per heavy atom. The van der Waals surface area contributed by atoms with E-state index in [-0.39, 0.29) is 0 Å². The smallest absolute Gasteiger partial charge is 0.248 e. The first kappa shape index (κ1) is 13.5. The van der Waals surface area contributed by atoms with Crippen molar-refractivity contribution >= 4 is 17.3 Å². The second kappa shape index (κ2) is 5.48. The fourth-order valence-corrected chi connectivity index (χ4v) is 3.02. The van der Waals surface area contributed by atoms with Crippen LogP contribution < -0.4 is 16.4 Å². The molecule has 0 spiro atoms. The number of amides is 1. The quantitative estimate of drug-likeness (QED) is 0.850. The highest BCUT2D eigenvalue weighted by Crippen LogP contribution is 2.38. The molecular weight excluding hydrogens is 262 g/mol. The van der Waals surface area contributed by atoms with Gasteiger partial charge in [0.05, 0.1) is 17.4 Å². The van der Waals surface area contributed by atoms with Crippen LogP contribution in [0.5, 0.6) is 0 Å². The Kier molecular flexibility index (Phi) is 3.52. The lowest BCUT2D eigenvalue weighted by atomic mass is 10.0. The Morgan fingerprint density at radius 2 is 1.90 bits per heavy atom. The number of carbonyl (C=O) groups is 1. The fraction of sp³-hybridized carbons (Fsp3) is 0.235. The molecule has 1 unspecified atom stereocenters. The Labute approximate surface area is 124 Å². The van der Waals surface area contributed by atoms with Crippen molar-refractivity contribution in [3.05, 3.63) is 59.7 Å². The summed E-state index contributed by atoms with van der Waals surface area (Å²) in [5.74, 6) is -0.424. The van der Waals surface area contributed by atoms with E-state index in [2.05, 4.69) is 29.2 Å². The molecule has 4 N–H and O–H groups in total. The van der Waals surface area contributed by atoms with Gasteiger partial charge in [-0.3, -0.25) is 4.79 Å². The minimum absolute atomic E-state index is 0.302. The molecule has 1 aliphatic heterocycles. The first-order valence-corrected chi connectivity index (χ1v) is 7.18. The fourth-order valence-electron chi connectivity index (χ4n) is 3.02. The van der Waals surface area contributed by atoms with Gasteiger partial charge >= 0.3 is 0 Å². The lowest BCUT2D eigenvalue weighted by Crippen LogP contribution is -2.24. The number of anilines is 2. The molecule has 4 nitrogen and oxygen atoms in total. The van der Waals surface area contributed by atoms with Gasteiger partial charge in [0.1, 0.15) is 0 Å². The van der Waals surface area contributed by atoms with Crippen molar-refractivity contribution in [1.29, 1.82) is 0 Å². The SMILES string of the molecule is NC(=O)c1ccc(N)c(N2CCCC2c2ccccc2)c1. The maximum atomic E-state index is 11.4. The average molecular weight is 281 g/mol. The number of nitrogens with two attached hydrogens (primary N) is 2. The highest BCUT2D eigenvalue weighted by Gasteiger charge is 2.27. The largest absolute Gasteiger partial charge is 0.397 e. The number of primary amides is 1. The first-order chi connectivity index (χ1) is 10.2. The van der Waals surface area contributed by atoms with Crippen LogP contribution in [0.4, 0.5) is 11.4 Å². The molecular formula is C17H19N3O. The normalized spacial score (nSPS) is 17.9. The van der Waals surface area contributed by atoms with E-state index in [0.29, 0.717) is 17.3 Å². The number of rotatable bonds is 3. The summed E-state index contributed by atoms with van der Waals surface area (Å²) in [6, 6.07) is 15.9. The van der Waals surface area contributed by atoms with Gasteiger partial charge in [-0.15, -0.1) is 0 Å². The summed E-state index contributed by atoms with van der Waals surface area (Å²) in [7, 11) is 0. The van der Waals surface area contributed by atoms with Crippen LogP contribution in [0.2, 0.25) is 0 Å². The van der Waals surface area contributed by atoms with Gasteiger partial charge < -0.3 is 16.4 Å². The molecule has 3 rings (SSSR count). The van der Waals surface area contributed by atoms with Crippen molar-refractivity contribution < 1.29 is 4.79 Å². The van der Waals surface area contributed by atoms with Crippen LogP contribution in [0, 0.1) is 0 Å². The van der Waals surface area contributed by atoms with Crippen LogP contribution in [0.1, 0.15) is 34.8 Å². The van der Waals surface area contributed by atoms with E-state index in [9.17, 15) is 4.79 Å². The zero-order valence-electron chi connectivity index (χ0n) is 11.8. The van der Waals surface area contributed by atoms with Crippen LogP contribution >= 0.6 is 0 Å². The molecule has 0 aromatic heterocycles. The van der Waals surface area contributed by atoms with Crippen LogP contribution in [0.3, 0.4) is 0 Å². The van der Waals surface area contributed by atoms with E-state index < -0.39 is 5.91 Å². The molecule has 1 saturated heterocycles. The van der Waals surface area contributed by atoms with E-state index in [1.807, 2.05) is 6.07 Å². The summed E-state index contributed by atoms with van der Waals surface area (Å²) in [6.45, 7) is 0.936. The minimum Gasteiger partial charge on any atom is -0.397 e. The number of benzene rings is 2. The molecule has 4 heteroatoms. The van der Waals surface area contributed by atoms with E-state index >= 15 is 0 Å². The van der Waals surface area contributed by atoms with Crippen LogP contribution in [-0.2, 0) is 0 Å². The lowest BCUT2D eigenvalue weighted by Gasteiger charge is -2.28. The van der Waals surface area contributed by atoms with Crippen molar-refractivity contribution in [2.24, 2.45) is 5.73 Å². The van der Waals surface area contributed by atoms with Gasteiger partial charge in [0, 0.05) is 12.1 Å². The zero-order chi connectivity index (χ0) is 14.8. The van der Waals surface area contributed by atoms with E-state index in [0.717, 1.165) is 25.1 Å². The van der Waals surface area contributed by atoms with Crippen molar-refractivity contribution in [3.8, 4) is 0 Å². The van der Waals surface area contributed by atoms with Gasteiger partial charge in [0.2, 0.25) is 5.91 Å². The predicted octanol–water partition coefficient (Wildman–Crippen LogP) is 2.71. The lowest BCUT2D eigenvalue weighted by molar-refractivity contribution is 0.100. The number of hydrogen-bond donors (Lipinski definition) is 2. The summed E-state index contributed by atoms with van der Waals surface area (Å²) in [5, 5.41) is 0. The molecule has 1 fully saturated rings. The molecule has 2 aromatic rings. The number of hydrogen-bond acceptors (Lipinski definition) is 3. The molecule has 0 aliphatic carbocycles. The monoisotopic (exact) mass is 281 g/mol.